The van der Waals surface area contributed by atoms with Crippen LogP contribution in [0.2, 0.25) is 0 Å². The zero-order chi connectivity index (χ0) is 11.1. The molecule has 0 aliphatic rings. The van der Waals surface area contributed by atoms with E-state index in [4.69, 9.17) is 5.26 Å². The molecule has 1 aromatic heterocycles. The predicted octanol–water partition coefficient (Wildman–Crippen LogP) is 0.692. The average molecular weight is 206 g/mol. The molecular formula is C10H14N4O. The molecule has 1 unspecified atom stereocenters. The fourth-order valence-corrected chi connectivity index (χ4v) is 1.22. The third kappa shape index (κ3) is 3.81. The smallest absolute Gasteiger partial charge is 0.241 e. The summed E-state index contributed by atoms with van der Waals surface area (Å²) in [4.78, 5) is 11.5. The maximum atomic E-state index is 11.5. The van der Waals surface area contributed by atoms with Crippen LogP contribution in [-0.4, -0.2) is 21.7 Å². The first-order chi connectivity index (χ1) is 7.26. The number of amides is 1. The van der Waals surface area contributed by atoms with E-state index in [0.29, 0.717) is 6.42 Å². The summed E-state index contributed by atoms with van der Waals surface area (Å²) in [5.74, 6) is -0.110. The van der Waals surface area contributed by atoms with Gasteiger partial charge in [-0.15, -0.1) is 0 Å². The number of carbonyl (C=O) groups is 1. The minimum absolute atomic E-state index is 0.0573. The number of hydrogen-bond acceptors (Lipinski definition) is 3. The molecule has 0 fully saturated rings. The topological polar surface area (TPSA) is 70.7 Å². The van der Waals surface area contributed by atoms with E-state index in [1.165, 1.54) is 0 Å². The second-order valence-electron chi connectivity index (χ2n) is 3.24. The van der Waals surface area contributed by atoms with Crippen molar-refractivity contribution in [1.82, 2.24) is 15.1 Å². The summed E-state index contributed by atoms with van der Waals surface area (Å²) < 4.78 is 1.55. The molecule has 1 amide bonds. The molecule has 0 spiro atoms. The highest BCUT2D eigenvalue weighted by atomic mass is 16.2. The quantitative estimate of drug-likeness (QED) is 0.770. The Labute approximate surface area is 88.7 Å². The Hall–Kier alpha value is -1.83. The number of nitrogens with one attached hydrogen (secondary N) is 1. The van der Waals surface area contributed by atoms with Gasteiger partial charge in [-0.05, 0) is 12.5 Å². The maximum Gasteiger partial charge on any atom is 0.241 e. The Morgan fingerprint density at radius 1 is 1.73 bits per heavy atom. The summed E-state index contributed by atoms with van der Waals surface area (Å²) in [7, 11) is 0. The second-order valence-corrected chi connectivity index (χ2v) is 3.24. The predicted molar refractivity (Wildman–Crippen MR) is 54.7 cm³/mol. The highest BCUT2D eigenvalue weighted by Crippen LogP contribution is 1.96. The third-order valence-corrected chi connectivity index (χ3v) is 2.06. The molecule has 1 N–H and O–H groups in total. The molecule has 0 bridgehead atoms. The molecule has 5 heteroatoms. The van der Waals surface area contributed by atoms with Crippen LogP contribution in [0.5, 0.6) is 0 Å². The molecule has 1 heterocycles. The molecule has 0 saturated carbocycles. The Balaban J connectivity index is 2.38. The normalized spacial score (nSPS) is 11.7. The SMILES string of the molecule is CCC(CC#N)NC(=O)Cn1cccn1. The van der Waals surface area contributed by atoms with Crippen molar-refractivity contribution in [2.75, 3.05) is 0 Å². The number of aromatic nitrogens is 2. The van der Waals surface area contributed by atoms with E-state index in [-0.39, 0.29) is 18.5 Å². The Bertz CT molecular complexity index is 339. The van der Waals surface area contributed by atoms with Crippen molar-refractivity contribution >= 4 is 5.91 Å². The molecule has 1 aromatic rings. The van der Waals surface area contributed by atoms with Gasteiger partial charge < -0.3 is 5.32 Å². The first-order valence-corrected chi connectivity index (χ1v) is 4.90. The van der Waals surface area contributed by atoms with E-state index in [2.05, 4.69) is 10.4 Å². The van der Waals surface area contributed by atoms with E-state index < -0.39 is 0 Å². The largest absolute Gasteiger partial charge is 0.351 e. The van der Waals surface area contributed by atoms with Crippen LogP contribution in [0.3, 0.4) is 0 Å². The van der Waals surface area contributed by atoms with Crippen molar-refractivity contribution in [2.45, 2.75) is 32.4 Å². The molecular weight excluding hydrogens is 192 g/mol. The molecule has 0 aromatic carbocycles. The van der Waals surface area contributed by atoms with Crippen molar-refractivity contribution in [1.29, 1.82) is 5.26 Å². The van der Waals surface area contributed by atoms with Crippen molar-refractivity contribution < 1.29 is 4.79 Å². The summed E-state index contributed by atoms with van der Waals surface area (Å²) in [5.41, 5.74) is 0. The van der Waals surface area contributed by atoms with Crippen LogP contribution in [0.15, 0.2) is 18.5 Å². The summed E-state index contributed by atoms with van der Waals surface area (Å²) >= 11 is 0. The molecule has 1 rings (SSSR count). The Morgan fingerprint density at radius 3 is 3.07 bits per heavy atom. The number of rotatable bonds is 5. The zero-order valence-electron chi connectivity index (χ0n) is 8.68. The molecule has 5 nitrogen and oxygen atoms in total. The van der Waals surface area contributed by atoms with E-state index >= 15 is 0 Å². The fraction of sp³-hybridized carbons (Fsp3) is 0.500. The van der Waals surface area contributed by atoms with E-state index in [1.807, 2.05) is 13.0 Å². The first-order valence-electron chi connectivity index (χ1n) is 4.90. The highest BCUT2D eigenvalue weighted by Gasteiger charge is 2.09. The van der Waals surface area contributed by atoms with Gasteiger partial charge in [-0.3, -0.25) is 9.48 Å². The van der Waals surface area contributed by atoms with Crippen LogP contribution < -0.4 is 5.32 Å². The van der Waals surface area contributed by atoms with Gasteiger partial charge in [0.1, 0.15) is 6.54 Å². The number of nitrogens with zero attached hydrogens (tertiary/aromatic N) is 3. The molecule has 0 radical (unpaired) electrons. The number of hydrogen-bond donors (Lipinski definition) is 1. The van der Waals surface area contributed by atoms with Gasteiger partial charge in [-0.1, -0.05) is 6.92 Å². The third-order valence-electron chi connectivity index (χ3n) is 2.06. The monoisotopic (exact) mass is 206 g/mol. The van der Waals surface area contributed by atoms with Gasteiger partial charge in [0.25, 0.3) is 0 Å². The second kappa shape index (κ2) is 5.81. The molecule has 0 aliphatic carbocycles. The number of carbonyl (C=O) groups excluding carboxylic acids is 1. The van der Waals surface area contributed by atoms with E-state index in [0.717, 1.165) is 6.42 Å². The average Bonchev–Trinajstić information content (AvgIpc) is 2.69. The Kier molecular flexibility index (Phi) is 4.35. The van der Waals surface area contributed by atoms with Crippen LogP contribution in [-0.2, 0) is 11.3 Å². The van der Waals surface area contributed by atoms with Crippen LogP contribution in [0.25, 0.3) is 0 Å². The summed E-state index contributed by atoms with van der Waals surface area (Å²) in [6, 6.07) is 3.75. The van der Waals surface area contributed by atoms with Crippen molar-refractivity contribution in [3.8, 4) is 6.07 Å². The van der Waals surface area contributed by atoms with Gasteiger partial charge >= 0.3 is 0 Å². The minimum atomic E-state index is -0.110. The van der Waals surface area contributed by atoms with E-state index in [9.17, 15) is 4.79 Å². The fourth-order valence-electron chi connectivity index (χ4n) is 1.22. The summed E-state index contributed by atoms with van der Waals surface area (Å²) in [5, 5.41) is 15.2. The molecule has 15 heavy (non-hydrogen) atoms. The van der Waals surface area contributed by atoms with Crippen LogP contribution in [0.1, 0.15) is 19.8 Å². The molecule has 80 valence electrons. The van der Waals surface area contributed by atoms with Crippen molar-refractivity contribution in [3.05, 3.63) is 18.5 Å². The van der Waals surface area contributed by atoms with Crippen LogP contribution in [0, 0.1) is 11.3 Å². The lowest BCUT2D eigenvalue weighted by Gasteiger charge is -2.13. The minimum Gasteiger partial charge on any atom is -0.351 e. The van der Waals surface area contributed by atoms with Gasteiger partial charge in [0, 0.05) is 18.4 Å². The summed E-state index contributed by atoms with van der Waals surface area (Å²) in [6.07, 6.45) is 4.46. The van der Waals surface area contributed by atoms with Gasteiger partial charge in [-0.2, -0.15) is 10.4 Å². The van der Waals surface area contributed by atoms with Gasteiger partial charge in [0.2, 0.25) is 5.91 Å². The lowest BCUT2D eigenvalue weighted by molar-refractivity contribution is -0.122. The maximum absolute atomic E-state index is 11.5. The number of nitriles is 1. The van der Waals surface area contributed by atoms with Crippen LogP contribution >= 0.6 is 0 Å². The van der Waals surface area contributed by atoms with Gasteiger partial charge in [0.15, 0.2) is 0 Å². The van der Waals surface area contributed by atoms with E-state index in [1.54, 1.807) is 23.1 Å². The lowest BCUT2D eigenvalue weighted by atomic mass is 10.2. The van der Waals surface area contributed by atoms with Gasteiger partial charge in [-0.25, -0.2) is 0 Å². The van der Waals surface area contributed by atoms with Crippen LogP contribution in [0.4, 0.5) is 0 Å². The van der Waals surface area contributed by atoms with Gasteiger partial charge in [0.05, 0.1) is 12.5 Å². The molecule has 0 saturated heterocycles. The zero-order valence-corrected chi connectivity index (χ0v) is 8.68. The molecule has 1 atom stereocenters. The first kappa shape index (κ1) is 11.2. The summed E-state index contributed by atoms with van der Waals surface area (Å²) in [6.45, 7) is 2.14. The van der Waals surface area contributed by atoms with Crippen molar-refractivity contribution in [3.63, 3.8) is 0 Å². The van der Waals surface area contributed by atoms with Crippen molar-refractivity contribution in [2.24, 2.45) is 0 Å². The Morgan fingerprint density at radius 2 is 2.53 bits per heavy atom. The standard InChI is InChI=1S/C10H14N4O/c1-2-9(4-5-11)13-10(15)8-14-7-3-6-12-14/h3,6-7,9H,2,4,8H2,1H3,(H,13,15). The highest BCUT2D eigenvalue weighted by molar-refractivity contribution is 5.75. The lowest BCUT2D eigenvalue weighted by Crippen LogP contribution is -2.36. The molecule has 0 aliphatic heterocycles.